The first kappa shape index (κ1) is 19.8. The molecule has 0 radical (unpaired) electrons. The van der Waals surface area contributed by atoms with E-state index in [4.69, 9.17) is 4.74 Å². The van der Waals surface area contributed by atoms with E-state index < -0.39 is 11.6 Å². The summed E-state index contributed by atoms with van der Waals surface area (Å²) in [5.74, 6) is -1.76. The lowest BCUT2D eigenvalue weighted by Gasteiger charge is -2.37. The third-order valence-electron chi connectivity index (χ3n) is 4.17. The van der Waals surface area contributed by atoms with E-state index in [1.54, 1.807) is 7.11 Å². The zero-order chi connectivity index (χ0) is 16.0. The average Bonchev–Trinajstić information content (AvgIpc) is 2.50. The van der Waals surface area contributed by atoms with E-state index in [-0.39, 0.29) is 35.7 Å². The van der Waals surface area contributed by atoms with Crippen molar-refractivity contribution in [2.45, 2.75) is 19.3 Å². The van der Waals surface area contributed by atoms with Crippen molar-refractivity contribution in [3.63, 3.8) is 0 Å². The van der Waals surface area contributed by atoms with Crippen molar-refractivity contribution >= 4 is 18.3 Å². The number of benzene rings is 1. The molecule has 0 saturated carbocycles. The van der Waals surface area contributed by atoms with Gasteiger partial charge in [0, 0.05) is 24.6 Å². The number of hydrogen-bond acceptors (Lipinski definition) is 3. The fourth-order valence-electron chi connectivity index (χ4n) is 2.85. The monoisotopic (exact) mass is 348 g/mol. The molecule has 0 unspecified atom stereocenters. The Labute approximate surface area is 141 Å². The molecule has 0 bridgehead atoms. The number of carbonyl (C=O) groups excluding carboxylic acids is 1. The normalized spacial score (nSPS) is 16.5. The maximum Gasteiger partial charge on any atom is 0.224 e. The van der Waals surface area contributed by atoms with Gasteiger partial charge in [-0.2, -0.15) is 0 Å². The molecule has 0 spiro atoms. The first-order chi connectivity index (χ1) is 10.6. The second kappa shape index (κ2) is 9.15. The molecule has 2 rings (SSSR count). The Bertz CT molecular complexity index is 497. The van der Waals surface area contributed by atoms with E-state index in [0.29, 0.717) is 13.2 Å². The first-order valence-corrected chi connectivity index (χ1v) is 7.46. The number of rotatable bonds is 6. The second-order valence-electron chi connectivity index (χ2n) is 5.84. The lowest BCUT2D eigenvalue weighted by Crippen LogP contribution is -2.47. The average molecular weight is 349 g/mol. The first-order valence-electron chi connectivity index (χ1n) is 7.46. The van der Waals surface area contributed by atoms with Crippen LogP contribution in [0.4, 0.5) is 8.78 Å². The molecule has 1 saturated heterocycles. The quantitative estimate of drug-likeness (QED) is 0.827. The van der Waals surface area contributed by atoms with Crippen molar-refractivity contribution in [1.29, 1.82) is 0 Å². The highest BCUT2D eigenvalue weighted by Crippen LogP contribution is 2.28. The third-order valence-corrected chi connectivity index (χ3v) is 4.17. The number of methoxy groups -OCH3 is 1. The number of nitrogens with one attached hydrogen (secondary N) is 2. The van der Waals surface area contributed by atoms with Gasteiger partial charge in [0.1, 0.15) is 11.6 Å². The van der Waals surface area contributed by atoms with Crippen molar-refractivity contribution in [2.75, 3.05) is 33.4 Å². The van der Waals surface area contributed by atoms with Gasteiger partial charge in [-0.05, 0) is 38.1 Å². The summed E-state index contributed by atoms with van der Waals surface area (Å²) in [4.78, 5) is 12.0. The summed E-state index contributed by atoms with van der Waals surface area (Å²) in [6.07, 6.45) is 1.50. The minimum atomic E-state index is -0.691. The largest absolute Gasteiger partial charge is 0.384 e. The van der Waals surface area contributed by atoms with Crippen LogP contribution in [0.15, 0.2) is 18.2 Å². The summed E-state index contributed by atoms with van der Waals surface area (Å²) >= 11 is 0. The van der Waals surface area contributed by atoms with E-state index in [9.17, 15) is 13.6 Å². The minimum Gasteiger partial charge on any atom is -0.384 e. The van der Waals surface area contributed by atoms with E-state index in [1.165, 1.54) is 6.07 Å². The SMILES string of the molecule is COCC1(CNC(=O)Cc2c(F)cccc2F)CCNCC1.Cl. The highest BCUT2D eigenvalue weighted by atomic mass is 35.5. The molecule has 1 amide bonds. The van der Waals surface area contributed by atoms with Gasteiger partial charge in [-0.1, -0.05) is 6.07 Å². The molecule has 7 heteroatoms. The molecule has 4 nitrogen and oxygen atoms in total. The Hall–Kier alpha value is -1.24. The number of hydrogen-bond donors (Lipinski definition) is 2. The molecule has 1 heterocycles. The molecule has 1 aromatic carbocycles. The summed E-state index contributed by atoms with van der Waals surface area (Å²) in [6.45, 7) is 2.77. The van der Waals surface area contributed by atoms with Crippen molar-refractivity contribution in [3.8, 4) is 0 Å². The van der Waals surface area contributed by atoms with Gasteiger partial charge in [0.05, 0.1) is 13.0 Å². The lowest BCUT2D eigenvalue weighted by atomic mass is 9.79. The van der Waals surface area contributed by atoms with Crippen LogP contribution in [0.5, 0.6) is 0 Å². The third kappa shape index (κ3) is 5.41. The summed E-state index contributed by atoms with van der Waals surface area (Å²) in [5.41, 5.74) is -0.296. The van der Waals surface area contributed by atoms with Crippen LogP contribution in [0.3, 0.4) is 0 Å². The fraction of sp³-hybridized carbons (Fsp3) is 0.562. The van der Waals surface area contributed by atoms with Gasteiger partial charge in [-0.3, -0.25) is 4.79 Å². The van der Waals surface area contributed by atoms with Crippen LogP contribution in [0.2, 0.25) is 0 Å². The molecule has 0 aliphatic carbocycles. The molecule has 1 aromatic rings. The van der Waals surface area contributed by atoms with Crippen molar-refractivity contribution < 1.29 is 18.3 Å². The molecule has 130 valence electrons. The second-order valence-corrected chi connectivity index (χ2v) is 5.84. The van der Waals surface area contributed by atoms with Crippen molar-refractivity contribution in [2.24, 2.45) is 5.41 Å². The number of piperidine rings is 1. The predicted molar refractivity (Wildman–Crippen MR) is 86.7 cm³/mol. The van der Waals surface area contributed by atoms with Gasteiger partial charge < -0.3 is 15.4 Å². The van der Waals surface area contributed by atoms with Crippen molar-refractivity contribution in [3.05, 3.63) is 35.4 Å². The maximum atomic E-state index is 13.6. The zero-order valence-corrected chi connectivity index (χ0v) is 14.0. The molecule has 1 fully saturated rings. The van der Waals surface area contributed by atoms with E-state index >= 15 is 0 Å². The van der Waals surface area contributed by atoms with Crippen LogP contribution in [0.25, 0.3) is 0 Å². The highest BCUT2D eigenvalue weighted by molar-refractivity contribution is 5.85. The Balaban J connectivity index is 0.00000264. The Morgan fingerprint density at radius 1 is 1.30 bits per heavy atom. The van der Waals surface area contributed by atoms with Gasteiger partial charge in [0.15, 0.2) is 0 Å². The molecule has 2 N–H and O–H groups in total. The highest BCUT2D eigenvalue weighted by Gasteiger charge is 2.32. The van der Waals surface area contributed by atoms with Gasteiger partial charge in [0.25, 0.3) is 0 Å². The molecular weight excluding hydrogens is 326 g/mol. The van der Waals surface area contributed by atoms with Crippen molar-refractivity contribution in [1.82, 2.24) is 10.6 Å². The summed E-state index contributed by atoms with van der Waals surface area (Å²) in [7, 11) is 1.64. The van der Waals surface area contributed by atoms with E-state index in [1.807, 2.05) is 0 Å². The summed E-state index contributed by atoms with van der Waals surface area (Å²) in [5, 5.41) is 6.07. The molecule has 1 aliphatic rings. The number of carbonyl (C=O) groups is 1. The summed E-state index contributed by atoms with van der Waals surface area (Å²) in [6, 6.07) is 3.60. The van der Waals surface area contributed by atoms with Crippen LogP contribution in [-0.4, -0.2) is 39.3 Å². The maximum absolute atomic E-state index is 13.6. The van der Waals surface area contributed by atoms with Gasteiger partial charge in [0.2, 0.25) is 5.91 Å². The molecule has 0 aromatic heterocycles. The predicted octanol–water partition coefficient (Wildman–Crippen LogP) is 2.06. The standard InChI is InChI=1S/C16H22F2N2O2.ClH/c1-22-11-16(5-7-19-8-6-16)10-20-15(21)9-12-13(17)3-2-4-14(12)18;/h2-4,19H,5-11H2,1H3,(H,20,21);1H. The number of amides is 1. The smallest absolute Gasteiger partial charge is 0.224 e. The molecule has 23 heavy (non-hydrogen) atoms. The molecule has 1 aliphatic heterocycles. The number of ether oxygens (including phenoxy) is 1. The Morgan fingerprint density at radius 2 is 1.91 bits per heavy atom. The van der Waals surface area contributed by atoms with Crippen LogP contribution in [0.1, 0.15) is 18.4 Å². The molecular formula is C16H23ClF2N2O2. The zero-order valence-electron chi connectivity index (χ0n) is 13.2. The van der Waals surface area contributed by atoms with Gasteiger partial charge in [-0.15, -0.1) is 12.4 Å². The van der Waals surface area contributed by atoms with E-state index in [0.717, 1.165) is 38.1 Å². The fourth-order valence-corrected chi connectivity index (χ4v) is 2.85. The van der Waals surface area contributed by atoms with Crippen LogP contribution >= 0.6 is 12.4 Å². The Morgan fingerprint density at radius 3 is 2.48 bits per heavy atom. The van der Waals surface area contributed by atoms with Gasteiger partial charge in [-0.25, -0.2) is 8.78 Å². The van der Waals surface area contributed by atoms with Crippen LogP contribution < -0.4 is 10.6 Å². The van der Waals surface area contributed by atoms with E-state index in [2.05, 4.69) is 10.6 Å². The lowest BCUT2D eigenvalue weighted by molar-refractivity contribution is -0.121. The Kier molecular flexibility index (Phi) is 7.88. The number of halogens is 3. The van der Waals surface area contributed by atoms with Crippen LogP contribution in [-0.2, 0) is 16.0 Å². The summed E-state index contributed by atoms with van der Waals surface area (Å²) < 4.78 is 32.4. The van der Waals surface area contributed by atoms with Crippen LogP contribution in [0, 0.1) is 17.0 Å². The minimum absolute atomic E-state index is 0. The molecule has 0 atom stereocenters. The van der Waals surface area contributed by atoms with Gasteiger partial charge >= 0.3 is 0 Å². The topological polar surface area (TPSA) is 50.4 Å².